The second kappa shape index (κ2) is 5.46. The molecule has 1 aliphatic rings. The molecular weight excluding hydrogens is 202 g/mol. The Morgan fingerprint density at radius 2 is 2.19 bits per heavy atom. The molecule has 0 aromatic carbocycles. The van der Waals surface area contributed by atoms with Crippen LogP contribution in [0.25, 0.3) is 0 Å². The van der Waals surface area contributed by atoms with E-state index in [9.17, 15) is 0 Å². The topological polar surface area (TPSA) is 53.1 Å². The van der Waals surface area contributed by atoms with Crippen molar-refractivity contribution in [1.82, 2.24) is 9.78 Å². The summed E-state index contributed by atoms with van der Waals surface area (Å²) >= 11 is 0. The fraction of sp³-hybridized carbons (Fsp3) is 0.750. The van der Waals surface area contributed by atoms with Gasteiger partial charge in [-0.05, 0) is 37.7 Å². The van der Waals surface area contributed by atoms with Gasteiger partial charge in [-0.1, -0.05) is 0 Å². The molecule has 0 amide bonds. The molecule has 0 saturated heterocycles. The Morgan fingerprint density at radius 3 is 2.81 bits per heavy atom. The summed E-state index contributed by atoms with van der Waals surface area (Å²) in [5.74, 6) is 0. The molecule has 0 spiro atoms. The second-order valence-electron chi connectivity index (χ2n) is 4.68. The van der Waals surface area contributed by atoms with Gasteiger partial charge < -0.3 is 10.5 Å². The Labute approximate surface area is 96.8 Å². The molecule has 1 aromatic heterocycles. The minimum atomic E-state index is 0.401. The molecule has 16 heavy (non-hydrogen) atoms. The standard InChI is InChI=1S/C12H21N3O/c1-15-9-10(8-14-15)6-7-16-12-4-2-11(13)3-5-12/h8-9,11-12H,2-7,13H2,1H3. The van der Waals surface area contributed by atoms with Gasteiger partial charge in [0.1, 0.15) is 0 Å². The van der Waals surface area contributed by atoms with Crippen LogP contribution in [0.4, 0.5) is 0 Å². The van der Waals surface area contributed by atoms with E-state index in [1.165, 1.54) is 5.56 Å². The molecular formula is C12H21N3O. The number of aromatic nitrogens is 2. The number of ether oxygens (including phenoxy) is 1. The average molecular weight is 223 g/mol. The second-order valence-corrected chi connectivity index (χ2v) is 4.68. The molecule has 0 bridgehead atoms. The highest BCUT2D eigenvalue weighted by Gasteiger charge is 2.18. The van der Waals surface area contributed by atoms with Crippen LogP contribution < -0.4 is 5.73 Å². The zero-order chi connectivity index (χ0) is 11.4. The van der Waals surface area contributed by atoms with Crippen molar-refractivity contribution in [2.24, 2.45) is 12.8 Å². The van der Waals surface area contributed by atoms with Crippen molar-refractivity contribution < 1.29 is 4.74 Å². The first-order valence-corrected chi connectivity index (χ1v) is 6.09. The summed E-state index contributed by atoms with van der Waals surface area (Å²) in [5, 5.41) is 4.14. The highest BCUT2D eigenvalue weighted by atomic mass is 16.5. The first kappa shape index (κ1) is 11.6. The van der Waals surface area contributed by atoms with Crippen LogP contribution in [0, 0.1) is 0 Å². The van der Waals surface area contributed by atoms with E-state index in [4.69, 9.17) is 10.5 Å². The Balaban J connectivity index is 1.64. The van der Waals surface area contributed by atoms with Gasteiger partial charge in [0.05, 0.1) is 18.9 Å². The van der Waals surface area contributed by atoms with E-state index in [1.54, 1.807) is 0 Å². The Hall–Kier alpha value is -0.870. The summed E-state index contributed by atoms with van der Waals surface area (Å²) in [5.41, 5.74) is 7.10. The third-order valence-corrected chi connectivity index (χ3v) is 3.22. The molecule has 4 heteroatoms. The molecule has 2 N–H and O–H groups in total. The molecule has 1 aliphatic carbocycles. The van der Waals surface area contributed by atoms with Crippen molar-refractivity contribution in [2.75, 3.05) is 6.61 Å². The summed E-state index contributed by atoms with van der Waals surface area (Å²) in [6.45, 7) is 0.797. The summed E-state index contributed by atoms with van der Waals surface area (Å²) in [6.07, 6.45) is 9.78. The predicted octanol–water partition coefficient (Wildman–Crippen LogP) is 1.25. The zero-order valence-corrected chi connectivity index (χ0v) is 9.93. The smallest absolute Gasteiger partial charge is 0.0576 e. The van der Waals surface area contributed by atoms with Crippen LogP contribution in [0.15, 0.2) is 12.4 Å². The molecule has 0 unspecified atom stereocenters. The largest absolute Gasteiger partial charge is 0.378 e. The van der Waals surface area contributed by atoms with Crippen LogP contribution in [0.1, 0.15) is 31.2 Å². The normalized spacial score (nSPS) is 25.9. The Kier molecular flexibility index (Phi) is 3.96. The lowest BCUT2D eigenvalue weighted by Crippen LogP contribution is -2.30. The van der Waals surface area contributed by atoms with Gasteiger partial charge in [0.25, 0.3) is 0 Å². The molecule has 1 saturated carbocycles. The lowest BCUT2D eigenvalue weighted by Gasteiger charge is -2.26. The van der Waals surface area contributed by atoms with E-state index < -0.39 is 0 Å². The molecule has 90 valence electrons. The molecule has 0 radical (unpaired) electrons. The quantitative estimate of drug-likeness (QED) is 0.835. The molecule has 1 fully saturated rings. The fourth-order valence-electron chi connectivity index (χ4n) is 2.20. The van der Waals surface area contributed by atoms with E-state index >= 15 is 0 Å². The maximum atomic E-state index is 5.85. The van der Waals surface area contributed by atoms with E-state index in [2.05, 4.69) is 5.10 Å². The van der Waals surface area contributed by atoms with Crippen molar-refractivity contribution in [2.45, 2.75) is 44.2 Å². The summed E-state index contributed by atoms with van der Waals surface area (Å²) in [6, 6.07) is 0.401. The predicted molar refractivity (Wildman–Crippen MR) is 63.1 cm³/mol. The molecule has 4 nitrogen and oxygen atoms in total. The number of nitrogens with zero attached hydrogens (tertiary/aromatic N) is 2. The number of aryl methyl sites for hydroxylation is 1. The van der Waals surface area contributed by atoms with Gasteiger partial charge >= 0.3 is 0 Å². The van der Waals surface area contributed by atoms with Crippen LogP contribution in [-0.2, 0) is 18.2 Å². The van der Waals surface area contributed by atoms with Crippen LogP contribution in [0.5, 0.6) is 0 Å². The molecule has 0 atom stereocenters. The van der Waals surface area contributed by atoms with Crippen molar-refractivity contribution in [3.63, 3.8) is 0 Å². The number of hydrogen-bond acceptors (Lipinski definition) is 3. The van der Waals surface area contributed by atoms with Gasteiger partial charge in [-0.25, -0.2) is 0 Å². The highest BCUT2D eigenvalue weighted by Crippen LogP contribution is 2.19. The Morgan fingerprint density at radius 1 is 1.44 bits per heavy atom. The van der Waals surface area contributed by atoms with Crippen LogP contribution in [0.3, 0.4) is 0 Å². The zero-order valence-electron chi connectivity index (χ0n) is 9.93. The van der Waals surface area contributed by atoms with Crippen LogP contribution in [0.2, 0.25) is 0 Å². The molecule has 1 heterocycles. The van der Waals surface area contributed by atoms with Crippen molar-refractivity contribution in [1.29, 1.82) is 0 Å². The van der Waals surface area contributed by atoms with Gasteiger partial charge in [-0.15, -0.1) is 0 Å². The monoisotopic (exact) mass is 223 g/mol. The van der Waals surface area contributed by atoms with Gasteiger partial charge in [0, 0.05) is 19.3 Å². The average Bonchev–Trinajstić information content (AvgIpc) is 2.67. The van der Waals surface area contributed by atoms with Gasteiger partial charge in [-0.2, -0.15) is 5.10 Å². The maximum Gasteiger partial charge on any atom is 0.0576 e. The van der Waals surface area contributed by atoms with Gasteiger partial charge in [0.15, 0.2) is 0 Å². The van der Waals surface area contributed by atoms with Gasteiger partial charge in [0.2, 0.25) is 0 Å². The fourth-order valence-corrected chi connectivity index (χ4v) is 2.20. The first-order chi connectivity index (χ1) is 7.74. The molecule has 0 aliphatic heterocycles. The van der Waals surface area contributed by atoms with E-state index in [0.29, 0.717) is 12.1 Å². The van der Waals surface area contributed by atoms with Crippen molar-refractivity contribution in [3.8, 4) is 0 Å². The minimum Gasteiger partial charge on any atom is -0.378 e. The molecule has 1 aromatic rings. The van der Waals surface area contributed by atoms with Crippen LogP contribution >= 0.6 is 0 Å². The summed E-state index contributed by atoms with van der Waals surface area (Å²) < 4.78 is 7.68. The lowest BCUT2D eigenvalue weighted by molar-refractivity contribution is 0.0270. The maximum absolute atomic E-state index is 5.85. The van der Waals surface area contributed by atoms with Gasteiger partial charge in [-0.3, -0.25) is 4.68 Å². The number of nitrogens with two attached hydrogens (primary N) is 1. The third kappa shape index (κ3) is 3.32. The highest BCUT2D eigenvalue weighted by molar-refractivity contribution is 5.03. The SMILES string of the molecule is Cn1cc(CCOC2CCC(N)CC2)cn1. The van der Waals surface area contributed by atoms with Crippen molar-refractivity contribution >= 4 is 0 Å². The Bertz CT molecular complexity index is 316. The lowest BCUT2D eigenvalue weighted by atomic mass is 9.94. The van der Waals surface area contributed by atoms with Crippen LogP contribution in [-0.4, -0.2) is 28.5 Å². The van der Waals surface area contributed by atoms with Crippen molar-refractivity contribution in [3.05, 3.63) is 18.0 Å². The number of hydrogen-bond donors (Lipinski definition) is 1. The molecule has 2 rings (SSSR count). The number of rotatable bonds is 4. The summed E-state index contributed by atoms with van der Waals surface area (Å²) in [7, 11) is 1.94. The minimum absolute atomic E-state index is 0.401. The van der Waals surface area contributed by atoms with E-state index in [1.807, 2.05) is 24.1 Å². The third-order valence-electron chi connectivity index (χ3n) is 3.22. The van der Waals surface area contributed by atoms with E-state index in [-0.39, 0.29) is 0 Å². The first-order valence-electron chi connectivity index (χ1n) is 6.09. The van der Waals surface area contributed by atoms with E-state index in [0.717, 1.165) is 38.7 Å². The summed E-state index contributed by atoms with van der Waals surface area (Å²) in [4.78, 5) is 0.